The number of β-amino-alcohol motifs (C(OH)–C–C–N with tert-alkyl or cyclic N) is 1. The van der Waals surface area contributed by atoms with Crippen LogP contribution in [-0.4, -0.2) is 76.0 Å². The van der Waals surface area contributed by atoms with Crippen molar-refractivity contribution in [3.63, 3.8) is 0 Å². The number of aliphatic hydroxyl groups excluding tert-OH is 1. The normalized spacial score (nSPS) is 23.8. The summed E-state index contributed by atoms with van der Waals surface area (Å²) >= 11 is 6.15. The van der Waals surface area contributed by atoms with Gasteiger partial charge in [-0.05, 0) is 41.1 Å². The first-order chi connectivity index (χ1) is 17.4. The zero-order chi connectivity index (χ0) is 25.0. The van der Waals surface area contributed by atoms with E-state index in [9.17, 15) is 14.7 Å². The fourth-order valence-corrected chi connectivity index (χ4v) is 6.37. The number of amides is 2. The van der Waals surface area contributed by atoms with E-state index in [-0.39, 0.29) is 18.4 Å². The predicted octanol–water partition coefficient (Wildman–Crippen LogP) is 3.06. The molecule has 7 nitrogen and oxygen atoms in total. The van der Waals surface area contributed by atoms with Crippen molar-refractivity contribution in [2.75, 3.05) is 26.7 Å². The Labute approximate surface area is 214 Å². The van der Waals surface area contributed by atoms with Crippen molar-refractivity contribution in [3.8, 4) is 5.75 Å². The van der Waals surface area contributed by atoms with Crippen LogP contribution in [0.1, 0.15) is 17.5 Å². The van der Waals surface area contributed by atoms with Gasteiger partial charge in [-0.3, -0.25) is 24.3 Å². The third-order valence-corrected chi connectivity index (χ3v) is 8.05. The molecule has 6 rings (SSSR count). The van der Waals surface area contributed by atoms with Crippen molar-refractivity contribution in [2.45, 2.75) is 37.2 Å². The summed E-state index contributed by atoms with van der Waals surface area (Å²) in [6.07, 6.45) is -0.266. The van der Waals surface area contributed by atoms with E-state index in [1.807, 2.05) is 35.2 Å². The number of hydrogen-bond acceptors (Lipinski definition) is 6. The Morgan fingerprint density at radius 1 is 1.03 bits per heavy atom. The Morgan fingerprint density at radius 3 is 2.56 bits per heavy atom. The number of ether oxygens (including phenoxy) is 1. The number of imide groups is 1. The Balaban J connectivity index is 1.27. The molecule has 0 bridgehead atoms. The maximum Gasteiger partial charge on any atom is 0.252 e. The number of hydrogen-bond donors (Lipinski definition) is 1. The number of aliphatic hydroxyl groups is 1. The number of likely N-dealkylation sites (tertiary alicyclic amines) is 1. The smallest absolute Gasteiger partial charge is 0.252 e. The minimum Gasteiger partial charge on any atom is -0.496 e. The lowest BCUT2D eigenvalue weighted by molar-refractivity contribution is -0.181. The van der Waals surface area contributed by atoms with Crippen LogP contribution in [0.15, 0.2) is 60.7 Å². The lowest BCUT2D eigenvalue weighted by atomic mass is 9.82. The van der Waals surface area contributed by atoms with Crippen molar-refractivity contribution < 1.29 is 19.4 Å². The van der Waals surface area contributed by atoms with Crippen molar-refractivity contribution >= 4 is 34.2 Å². The maximum atomic E-state index is 13.9. The molecule has 36 heavy (non-hydrogen) atoms. The van der Waals surface area contributed by atoms with Gasteiger partial charge >= 0.3 is 0 Å². The van der Waals surface area contributed by atoms with Gasteiger partial charge in [-0.2, -0.15) is 0 Å². The van der Waals surface area contributed by atoms with Gasteiger partial charge in [0.25, 0.3) is 5.91 Å². The number of nitrogens with zero attached hydrogens (tertiary/aromatic N) is 3. The van der Waals surface area contributed by atoms with E-state index in [2.05, 4.69) is 23.1 Å². The summed E-state index contributed by atoms with van der Waals surface area (Å²) in [5.41, 5.74) is 1.17. The van der Waals surface area contributed by atoms with Gasteiger partial charge in [-0.1, -0.05) is 54.1 Å². The number of halogens is 1. The molecule has 0 saturated carbocycles. The average Bonchev–Trinajstić information content (AvgIpc) is 3.25. The summed E-state index contributed by atoms with van der Waals surface area (Å²) in [4.78, 5) is 32.8. The van der Waals surface area contributed by atoms with Gasteiger partial charge in [0.2, 0.25) is 5.91 Å². The summed E-state index contributed by atoms with van der Waals surface area (Å²) in [5, 5.41) is 13.2. The number of piperazine rings is 1. The van der Waals surface area contributed by atoms with Gasteiger partial charge in [-0.15, -0.1) is 0 Å². The SMILES string of the molecule is COc1ccc(CN2CC3(C2)C(=O)N(Cc2cccc(Cl)c2)C(=O)[C@@H]2C[C@@H](O)CN23)c2ccccc12. The van der Waals surface area contributed by atoms with Crippen molar-refractivity contribution in [3.05, 3.63) is 76.8 Å². The Bertz CT molecular complexity index is 1360. The van der Waals surface area contributed by atoms with Crippen molar-refractivity contribution in [2.24, 2.45) is 0 Å². The predicted molar refractivity (Wildman–Crippen MR) is 137 cm³/mol. The zero-order valence-electron chi connectivity index (χ0n) is 20.1. The third kappa shape index (κ3) is 3.69. The van der Waals surface area contributed by atoms with E-state index in [4.69, 9.17) is 16.3 Å². The van der Waals surface area contributed by atoms with Crippen LogP contribution in [0, 0.1) is 0 Å². The molecule has 186 valence electrons. The second-order valence-electron chi connectivity index (χ2n) is 10.1. The Kier molecular flexibility index (Phi) is 5.76. The van der Waals surface area contributed by atoms with Gasteiger partial charge in [-0.25, -0.2) is 0 Å². The minimum atomic E-state index is -0.809. The van der Waals surface area contributed by atoms with Gasteiger partial charge < -0.3 is 9.84 Å². The number of benzene rings is 3. The molecule has 3 aromatic rings. The molecule has 0 radical (unpaired) electrons. The van der Waals surface area contributed by atoms with Crippen LogP contribution < -0.4 is 4.74 Å². The molecule has 2 atom stereocenters. The zero-order valence-corrected chi connectivity index (χ0v) is 20.8. The molecule has 0 aromatic heterocycles. The average molecular weight is 506 g/mol. The van der Waals surface area contributed by atoms with Gasteiger partial charge in [0.05, 0.1) is 25.8 Å². The van der Waals surface area contributed by atoms with Gasteiger partial charge in [0.1, 0.15) is 11.3 Å². The molecule has 3 heterocycles. The molecule has 0 unspecified atom stereocenters. The lowest BCUT2D eigenvalue weighted by Crippen LogP contribution is -2.81. The summed E-state index contributed by atoms with van der Waals surface area (Å²) < 4.78 is 5.53. The van der Waals surface area contributed by atoms with E-state index >= 15 is 0 Å². The number of methoxy groups -OCH3 is 1. The van der Waals surface area contributed by atoms with E-state index in [1.165, 1.54) is 4.90 Å². The Hall–Kier alpha value is -2.97. The standard InChI is InChI=1S/C28H28ClN3O4/c1-36-25-10-9-19(22-7-2-3-8-23(22)25)14-30-16-28(17-30)27(35)31(13-18-5-4-6-20(29)11-18)26(34)24-12-21(33)15-32(24)28/h2-11,21,24,33H,12-17H2,1H3/t21-,24+/m1/s1. The second kappa shape index (κ2) is 8.85. The highest BCUT2D eigenvalue weighted by Crippen LogP contribution is 2.42. The van der Waals surface area contributed by atoms with Crippen LogP contribution in [0.2, 0.25) is 5.02 Å². The molecule has 0 aliphatic carbocycles. The first-order valence-corrected chi connectivity index (χ1v) is 12.6. The van der Waals surface area contributed by atoms with Crippen molar-refractivity contribution in [1.82, 2.24) is 14.7 Å². The highest BCUT2D eigenvalue weighted by molar-refractivity contribution is 6.30. The molecule has 3 aromatic carbocycles. The van der Waals surface area contributed by atoms with Crippen LogP contribution in [0.25, 0.3) is 10.8 Å². The number of carbonyl (C=O) groups excluding carboxylic acids is 2. The molecule has 3 fully saturated rings. The molecular formula is C28H28ClN3O4. The second-order valence-corrected chi connectivity index (χ2v) is 10.5. The molecule has 8 heteroatoms. The molecule has 3 saturated heterocycles. The van der Waals surface area contributed by atoms with E-state index in [1.54, 1.807) is 19.2 Å². The van der Waals surface area contributed by atoms with Gasteiger partial charge in [0, 0.05) is 36.6 Å². The summed E-state index contributed by atoms with van der Waals surface area (Å²) in [6, 6.07) is 19.0. The highest BCUT2D eigenvalue weighted by Gasteiger charge is 2.64. The Morgan fingerprint density at radius 2 is 1.81 bits per heavy atom. The molecule has 2 amide bonds. The first kappa shape index (κ1) is 23.4. The molecule has 1 spiro atoms. The largest absolute Gasteiger partial charge is 0.496 e. The number of fused-ring (bicyclic) bond motifs is 3. The van der Waals surface area contributed by atoms with Crippen LogP contribution in [0.4, 0.5) is 0 Å². The summed E-state index contributed by atoms with van der Waals surface area (Å²) in [7, 11) is 1.67. The summed E-state index contributed by atoms with van der Waals surface area (Å²) in [6.45, 7) is 2.22. The monoisotopic (exact) mass is 505 g/mol. The molecular weight excluding hydrogens is 478 g/mol. The topological polar surface area (TPSA) is 73.3 Å². The third-order valence-electron chi connectivity index (χ3n) is 7.81. The number of rotatable bonds is 5. The summed E-state index contributed by atoms with van der Waals surface area (Å²) in [5.74, 6) is 0.413. The fraction of sp³-hybridized carbons (Fsp3) is 0.357. The molecule has 1 N–H and O–H groups in total. The lowest BCUT2D eigenvalue weighted by Gasteiger charge is -2.58. The maximum absolute atomic E-state index is 13.9. The van der Waals surface area contributed by atoms with Crippen LogP contribution >= 0.6 is 11.6 Å². The van der Waals surface area contributed by atoms with E-state index < -0.39 is 17.7 Å². The van der Waals surface area contributed by atoms with Crippen molar-refractivity contribution in [1.29, 1.82) is 0 Å². The minimum absolute atomic E-state index is 0.184. The van der Waals surface area contributed by atoms with Gasteiger partial charge in [0.15, 0.2) is 0 Å². The van der Waals surface area contributed by atoms with E-state index in [0.717, 1.165) is 27.6 Å². The highest BCUT2D eigenvalue weighted by atomic mass is 35.5. The molecule has 3 aliphatic rings. The van der Waals surface area contributed by atoms with E-state index in [0.29, 0.717) is 37.6 Å². The van der Waals surface area contributed by atoms with Crippen LogP contribution in [0.5, 0.6) is 5.75 Å². The number of carbonyl (C=O) groups is 2. The fourth-order valence-electron chi connectivity index (χ4n) is 6.16. The molecule has 3 aliphatic heterocycles. The van der Waals surface area contributed by atoms with Crippen LogP contribution in [0.3, 0.4) is 0 Å². The quantitative estimate of drug-likeness (QED) is 0.537. The first-order valence-electron chi connectivity index (χ1n) is 12.2. The van der Waals surface area contributed by atoms with Crippen LogP contribution in [-0.2, 0) is 22.7 Å².